The van der Waals surface area contributed by atoms with Gasteiger partial charge >= 0.3 is 12.1 Å². The molecule has 0 fully saturated rings. The lowest BCUT2D eigenvalue weighted by Gasteiger charge is -2.11. The van der Waals surface area contributed by atoms with Crippen LogP contribution in [0.1, 0.15) is 37.4 Å². The number of para-hydroxylation sites is 1. The van der Waals surface area contributed by atoms with Crippen LogP contribution in [0.3, 0.4) is 0 Å². The van der Waals surface area contributed by atoms with Gasteiger partial charge in [-0.15, -0.1) is 0 Å². The topological polar surface area (TPSA) is 56.3 Å². The van der Waals surface area contributed by atoms with Crippen molar-refractivity contribution in [1.29, 1.82) is 0 Å². The molecule has 0 unspecified atom stereocenters. The number of nitrogens with zero attached hydrogens (tertiary/aromatic N) is 1. The largest absolute Gasteiger partial charge is 0.481 e. The average molecular weight is 358 g/mol. The van der Waals surface area contributed by atoms with Crippen molar-refractivity contribution >= 4 is 16.9 Å². The van der Waals surface area contributed by atoms with Crippen LogP contribution in [0.15, 0.2) is 24.3 Å². The Labute approximate surface area is 145 Å². The number of carboxylic acid groups (broad SMARTS) is 1. The third-order valence-corrected chi connectivity index (χ3v) is 3.65. The molecular weight excluding hydrogens is 333 g/mol. The number of carboxylic acids is 1. The van der Waals surface area contributed by atoms with E-state index in [2.05, 4.69) is 4.98 Å². The highest BCUT2D eigenvalue weighted by atomic mass is 19.4. The molecule has 0 atom stereocenters. The lowest BCUT2D eigenvalue weighted by molar-refractivity contribution is -0.141. The van der Waals surface area contributed by atoms with E-state index < -0.39 is 17.8 Å². The number of hydrogen-bond donors (Lipinski definition) is 2. The number of aromatic amines is 1. The third kappa shape index (κ3) is 6.78. The molecule has 1 aromatic heterocycles. The van der Waals surface area contributed by atoms with Gasteiger partial charge in [0.15, 0.2) is 0 Å². The minimum atomic E-state index is -4.33. The molecule has 1 aromatic carbocycles. The van der Waals surface area contributed by atoms with Gasteiger partial charge in [0.25, 0.3) is 0 Å². The van der Waals surface area contributed by atoms with Gasteiger partial charge in [0.1, 0.15) is 5.69 Å². The Bertz CT molecular complexity index is 679. The van der Waals surface area contributed by atoms with E-state index in [-0.39, 0.29) is 0 Å². The van der Waals surface area contributed by atoms with Gasteiger partial charge in [-0.1, -0.05) is 31.5 Å². The van der Waals surface area contributed by atoms with Crippen molar-refractivity contribution in [2.75, 3.05) is 20.6 Å². The molecule has 0 radical (unpaired) electrons. The number of nitrogens with one attached hydrogen (secondary N) is 1. The molecule has 0 bridgehead atoms. The molecule has 25 heavy (non-hydrogen) atoms. The smallest absolute Gasteiger partial charge is 0.431 e. The van der Waals surface area contributed by atoms with Crippen LogP contribution in [0.5, 0.6) is 0 Å². The summed E-state index contributed by atoms with van der Waals surface area (Å²) in [6.45, 7) is 2.56. The summed E-state index contributed by atoms with van der Waals surface area (Å²) in [6, 6.07) is 6.89. The standard InChI is InChI=1S/C13H15F3N2.C5H10O2/c1-18(2)8-7-10-9-5-3-4-6-11(9)17-12(10)13(14,15)16;1-2-3-4-5(6)7/h3-6,17H,7-8H2,1-2H3;2-4H2,1H3,(H,6,7). The molecule has 2 rings (SSSR count). The second-order valence-electron chi connectivity index (χ2n) is 6.07. The maximum absolute atomic E-state index is 13.0. The van der Waals surface area contributed by atoms with Crippen LogP contribution >= 0.6 is 0 Å². The van der Waals surface area contributed by atoms with Crippen LogP contribution in [0.4, 0.5) is 13.2 Å². The Morgan fingerprint density at radius 2 is 1.88 bits per heavy atom. The zero-order valence-electron chi connectivity index (χ0n) is 14.8. The molecule has 2 N–H and O–H groups in total. The fraction of sp³-hybridized carbons (Fsp3) is 0.500. The average Bonchev–Trinajstić information content (AvgIpc) is 2.90. The zero-order chi connectivity index (χ0) is 19.0. The Morgan fingerprint density at radius 3 is 2.36 bits per heavy atom. The number of carbonyl (C=O) groups is 1. The predicted octanol–water partition coefficient (Wildman–Crippen LogP) is 4.55. The van der Waals surface area contributed by atoms with E-state index in [9.17, 15) is 18.0 Å². The number of unbranched alkanes of at least 4 members (excludes halogenated alkanes) is 1. The van der Waals surface area contributed by atoms with Crippen LogP contribution < -0.4 is 0 Å². The normalized spacial score (nSPS) is 11.5. The Morgan fingerprint density at radius 1 is 1.24 bits per heavy atom. The van der Waals surface area contributed by atoms with Crippen molar-refractivity contribution in [1.82, 2.24) is 9.88 Å². The number of hydrogen-bond acceptors (Lipinski definition) is 2. The van der Waals surface area contributed by atoms with Crippen LogP contribution in [0, 0.1) is 0 Å². The maximum Gasteiger partial charge on any atom is 0.431 e. The Hall–Kier alpha value is -2.02. The van der Waals surface area contributed by atoms with E-state index >= 15 is 0 Å². The minimum absolute atomic E-state index is 0.316. The zero-order valence-corrected chi connectivity index (χ0v) is 14.8. The molecule has 0 spiro atoms. The number of alkyl halides is 3. The summed E-state index contributed by atoms with van der Waals surface area (Å²) in [4.78, 5) is 14.1. The highest BCUT2D eigenvalue weighted by molar-refractivity contribution is 5.84. The maximum atomic E-state index is 13.0. The molecule has 140 valence electrons. The molecule has 0 amide bonds. The Balaban J connectivity index is 0.000000381. The van der Waals surface area contributed by atoms with Crippen LogP contribution in [0.25, 0.3) is 10.9 Å². The number of halogens is 3. The van der Waals surface area contributed by atoms with Crippen LogP contribution in [0.2, 0.25) is 0 Å². The SMILES string of the molecule is CCCCC(=O)O.CN(C)CCc1c(C(F)(F)F)[nH]c2ccccc12. The fourth-order valence-electron chi connectivity index (χ4n) is 2.37. The third-order valence-electron chi connectivity index (χ3n) is 3.65. The first-order valence-corrected chi connectivity index (χ1v) is 8.20. The van der Waals surface area contributed by atoms with Gasteiger partial charge in [0.2, 0.25) is 0 Å². The summed E-state index contributed by atoms with van der Waals surface area (Å²) in [5.74, 6) is -0.693. The summed E-state index contributed by atoms with van der Waals surface area (Å²) in [5, 5.41) is 8.70. The van der Waals surface area contributed by atoms with E-state index in [1.807, 2.05) is 25.9 Å². The fourth-order valence-corrected chi connectivity index (χ4v) is 2.37. The van der Waals surface area contributed by atoms with E-state index in [1.54, 1.807) is 24.3 Å². The van der Waals surface area contributed by atoms with Crippen LogP contribution in [-0.4, -0.2) is 41.6 Å². The van der Waals surface area contributed by atoms with Crippen molar-refractivity contribution in [3.8, 4) is 0 Å². The molecule has 0 saturated heterocycles. The first kappa shape index (κ1) is 21.0. The van der Waals surface area contributed by atoms with E-state index in [0.717, 1.165) is 12.8 Å². The van der Waals surface area contributed by atoms with Gasteiger partial charge < -0.3 is 15.0 Å². The van der Waals surface area contributed by atoms with E-state index in [4.69, 9.17) is 5.11 Å². The molecule has 4 nitrogen and oxygen atoms in total. The molecule has 0 saturated carbocycles. The Kier molecular flexibility index (Phi) is 7.96. The second-order valence-corrected chi connectivity index (χ2v) is 6.07. The second kappa shape index (κ2) is 9.46. The van der Waals surface area contributed by atoms with Gasteiger partial charge in [-0.2, -0.15) is 13.2 Å². The van der Waals surface area contributed by atoms with Gasteiger partial charge in [-0.25, -0.2) is 0 Å². The van der Waals surface area contributed by atoms with Crippen molar-refractivity contribution in [2.45, 2.75) is 38.8 Å². The number of aliphatic carboxylic acids is 1. The number of H-pyrrole nitrogens is 1. The van der Waals surface area contributed by atoms with E-state index in [1.165, 1.54) is 0 Å². The number of likely N-dealkylation sites (N-methyl/N-ethyl adjacent to an activating group) is 1. The van der Waals surface area contributed by atoms with Gasteiger partial charge in [-0.05, 0) is 38.6 Å². The van der Waals surface area contributed by atoms with Crippen molar-refractivity contribution < 1.29 is 23.1 Å². The molecule has 0 aliphatic rings. The summed E-state index contributed by atoms with van der Waals surface area (Å²) in [7, 11) is 3.70. The van der Waals surface area contributed by atoms with Gasteiger partial charge in [-0.3, -0.25) is 4.79 Å². The molecule has 7 heteroatoms. The summed E-state index contributed by atoms with van der Waals surface area (Å²) >= 11 is 0. The summed E-state index contributed by atoms with van der Waals surface area (Å²) in [5.41, 5.74) is 0.274. The van der Waals surface area contributed by atoms with Gasteiger partial charge in [0.05, 0.1) is 0 Å². The van der Waals surface area contributed by atoms with Crippen molar-refractivity contribution in [3.63, 3.8) is 0 Å². The first-order valence-electron chi connectivity index (χ1n) is 8.20. The molecular formula is C18H25F3N2O2. The van der Waals surface area contributed by atoms with E-state index in [0.29, 0.717) is 35.9 Å². The van der Waals surface area contributed by atoms with Gasteiger partial charge in [0, 0.05) is 23.9 Å². The highest BCUT2D eigenvalue weighted by Crippen LogP contribution is 2.35. The quantitative estimate of drug-likeness (QED) is 0.796. The van der Waals surface area contributed by atoms with Crippen molar-refractivity contribution in [2.24, 2.45) is 0 Å². The minimum Gasteiger partial charge on any atom is -0.481 e. The summed E-state index contributed by atoms with van der Waals surface area (Å²) < 4.78 is 38.9. The lowest BCUT2D eigenvalue weighted by Crippen LogP contribution is -2.17. The number of benzene rings is 1. The molecule has 1 heterocycles. The van der Waals surface area contributed by atoms with Crippen LogP contribution in [-0.2, 0) is 17.4 Å². The molecule has 0 aliphatic heterocycles. The number of aromatic nitrogens is 1. The predicted molar refractivity (Wildman–Crippen MR) is 92.7 cm³/mol. The molecule has 0 aliphatic carbocycles. The summed E-state index contributed by atoms with van der Waals surface area (Å²) in [6.07, 6.45) is -1.87. The van der Waals surface area contributed by atoms with Crippen molar-refractivity contribution in [3.05, 3.63) is 35.5 Å². The molecule has 2 aromatic rings. The first-order chi connectivity index (χ1) is 11.7. The highest BCUT2D eigenvalue weighted by Gasteiger charge is 2.36. The number of fused-ring (bicyclic) bond motifs is 1. The lowest BCUT2D eigenvalue weighted by atomic mass is 10.1. The number of rotatable bonds is 6. The monoisotopic (exact) mass is 358 g/mol.